The number of hydrogen-bond acceptors (Lipinski definition) is 0. The Morgan fingerprint density at radius 3 is 0.525 bits per heavy atom. The second-order valence-electron chi connectivity index (χ2n) is 10.5. The molecular formula is C38H34Ge2. The van der Waals surface area contributed by atoms with Gasteiger partial charge in [-0.15, -0.1) is 0 Å². The van der Waals surface area contributed by atoms with Gasteiger partial charge in [0.15, 0.2) is 0 Å². The molecule has 194 valence electrons. The quantitative estimate of drug-likeness (QED) is 0.189. The zero-order valence-corrected chi connectivity index (χ0v) is 26.9. The number of benzene rings is 6. The molecule has 0 heterocycles. The summed E-state index contributed by atoms with van der Waals surface area (Å²) in [7, 11) is 0. The van der Waals surface area contributed by atoms with Gasteiger partial charge in [-0.2, -0.15) is 0 Å². The van der Waals surface area contributed by atoms with Crippen molar-refractivity contribution in [2.45, 2.75) is 10.5 Å². The van der Waals surface area contributed by atoms with E-state index in [0.29, 0.717) is 0 Å². The fourth-order valence-corrected chi connectivity index (χ4v) is 33.7. The molecule has 0 amide bonds. The molecule has 0 N–H and O–H groups in total. The zero-order valence-electron chi connectivity index (χ0n) is 22.7. The number of hydrogen-bond donors (Lipinski definition) is 0. The fraction of sp³-hybridized carbons (Fsp3) is 0.0526. The van der Waals surface area contributed by atoms with Gasteiger partial charge >= 0.3 is 245 Å². The minimum atomic E-state index is -3.12. The third kappa shape index (κ3) is 5.03. The average molecular weight is 636 g/mol. The van der Waals surface area contributed by atoms with Crippen LogP contribution in [0.4, 0.5) is 0 Å². The van der Waals surface area contributed by atoms with E-state index in [1.165, 1.54) is 36.9 Å². The molecule has 6 aromatic carbocycles. The summed E-state index contributed by atoms with van der Waals surface area (Å²) < 4.78 is 9.20. The molecule has 0 spiro atoms. The second kappa shape index (κ2) is 12.3. The van der Waals surface area contributed by atoms with E-state index in [-0.39, 0.29) is 0 Å². The molecule has 2 heteroatoms. The summed E-state index contributed by atoms with van der Waals surface area (Å²) in [5, 5.41) is 2.38. The van der Waals surface area contributed by atoms with Crippen LogP contribution in [0, 0.1) is 0 Å². The Morgan fingerprint density at radius 1 is 0.225 bits per heavy atom. The summed E-state index contributed by atoms with van der Waals surface area (Å²) in [4.78, 5) is 0. The topological polar surface area (TPSA) is 0 Å². The molecule has 0 saturated carbocycles. The van der Waals surface area contributed by atoms with E-state index in [4.69, 9.17) is 0 Å². The summed E-state index contributed by atoms with van der Waals surface area (Å²) in [6.45, 7) is 0. The third-order valence-electron chi connectivity index (χ3n) is 8.47. The van der Waals surface area contributed by atoms with E-state index in [0.717, 1.165) is 0 Å². The van der Waals surface area contributed by atoms with E-state index in [9.17, 15) is 0 Å². The van der Waals surface area contributed by atoms with Gasteiger partial charge in [0.2, 0.25) is 0 Å². The van der Waals surface area contributed by atoms with Crippen LogP contribution in [0.15, 0.2) is 182 Å². The van der Waals surface area contributed by atoms with Crippen molar-refractivity contribution in [1.82, 2.24) is 0 Å². The van der Waals surface area contributed by atoms with Crippen LogP contribution in [-0.4, -0.2) is 26.5 Å². The Bertz CT molecular complexity index is 1280. The van der Waals surface area contributed by atoms with Crippen molar-refractivity contribution < 1.29 is 0 Å². The minimum absolute atomic E-state index is 1.19. The van der Waals surface area contributed by atoms with Crippen LogP contribution in [0.3, 0.4) is 0 Å². The van der Waals surface area contributed by atoms with Gasteiger partial charge in [-0.1, -0.05) is 0 Å². The molecule has 40 heavy (non-hydrogen) atoms. The SMILES string of the molecule is c1cc[c]([Ge]([CH2][CH2][Ge]([c]2ccccc2)([c]2ccccc2)[c]2ccccc2)([c]2ccccc2)[c]2ccccc2)cc1. The maximum absolute atomic E-state index is 3.12. The van der Waals surface area contributed by atoms with Crippen molar-refractivity contribution in [3.63, 3.8) is 0 Å². The van der Waals surface area contributed by atoms with E-state index in [1.54, 1.807) is 0 Å². The standard InChI is InChI=1S/C38H34Ge2/c1-7-19-33(20-8-1)39(34-21-9-2-10-22-34,35-23-11-3-12-24-35)31-32-40(36-25-13-4-14-26-36,37-27-15-5-16-28-37)38-29-17-6-18-30-38/h1-30H,31-32H2. The monoisotopic (exact) mass is 638 g/mol. The molecule has 0 atom stereocenters. The summed E-state index contributed by atoms with van der Waals surface area (Å²) in [5.74, 6) is 0. The van der Waals surface area contributed by atoms with Gasteiger partial charge < -0.3 is 0 Å². The predicted molar refractivity (Wildman–Crippen MR) is 178 cm³/mol. The first-order chi connectivity index (χ1) is 19.8. The first kappa shape index (κ1) is 26.6. The van der Waals surface area contributed by atoms with Crippen molar-refractivity contribution in [3.8, 4) is 0 Å². The molecule has 0 saturated heterocycles. The third-order valence-corrected chi connectivity index (χ3v) is 31.5. The summed E-state index contributed by atoms with van der Waals surface area (Å²) >= 11 is -6.25. The van der Waals surface area contributed by atoms with Crippen molar-refractivity contribution in [2.24, 2.45) is 0 Å². The van der Waals surface area contributed by atoms with E-state index >= 15 is 0 Å². The van der Waals surface area contributed by atoms with Crippen LogP contribution in [-0.2, 0) is 0 Å². The molecule has 0 nitrogen and oxygen atoms in total. The predicted octanol–water partition coefficient (Wildman–Crippen LogP) is 5.33. The van der Waals surface area contributed by atoms with Crippen LogP contribution in [0.2, 0.25) is 10.5 Å². The molecule has 0 radical (unpaired) electrons. The molecule has 6 aromatic rings. The van der Waals surface area contributed by atoms with Crippen LogP contribution in [0.25, 0.3) is 0 Å². The fourth-order valence-electron chi connectivity index (χ4n) is 6.58. The van der Waals surface area contributed by atoms with Gasteiger partial charge in [-0.05, 0) is 0 Å². The van der Waals surface area contributed by atoms with E-state index in [1.807, 2.05) is 0 Å². The van der Waals surface area contributed by atoms with Gasteiger partial charge in [0.1, 0.15) is 0 Å². The first-order valence-electron chi connectivity index (χ1n) is 14.2. The van der Waals surface area contributed by atoms with Crippen LogP contribution < -0.4 is 26.4 Å². The van der Waals surface area contributed by atoms with Gasteiger partial charge in [-0.3, -0.25) is 0 Å². The van der Waals surface area contributed by atoms with Crippen molar-refractivity contribution >= 4 is 52.9 Å². The van der Waals surface area contributed by atoms with Crippen molar-refractivity contribution in [3.05, 3.63) is 182 Å². The van der Waals surface area contributed by atoms with E-state index in [2.05, 4.69) is 182 Å². The van der Waals surface area contributed by atoms with Crippen LogP contribution in [0.5, 0.6) is 0 Å². The maximum atomic E-state index is 2.40. The van der Waals surface area contributed by atoms with Crippen molar-refractivity contribution in [1.29, 1.82) is 0 Å². The Labute approximate surface area is 244 Å². The number of rotatable bonds is 9. The van der Waals surface area contributed by atoms with Crippen LogP contribution in [0.1, 0.15) is 0 Å². The van der Waals surface area contributed by atoms with E-state index < -0.39 is 26.5 Å². The summed E-state index contributed by atoms with van der Waals surface area (Å²) in [5.41, 5.74) is 0. The molecule has 0 fully saturated rings. The normalized spacial score (nSPS) is 11.7. The average Bonchev–Trinajstić information content (AvgIpc) is 3.06. The molecule has 0 aliphatic rings. The summed E-state index contributed by atoms with van der Waals surface area (Å²) in [6, 6.07) is 68.7. The zero-order chi connectivity index (χ0) is 27.1. The molecular weight excluding hydrogens is 602 g/mol. The molecule has 0 aliphatic carbocycles. The molecule has 0 bridgehead atoms. The Hall–Kier alpha value is -3.59. The molecule has 0 aliphatic heterocycles. The molecule has 0 unspecified atom stereocenters. The van der Waals surface area contributed by atoms with Crippen molar-refractivity contribution in [2.75, 3.05) is 0 Å². The second-order valence-corrected chi connectivity index (χ2v) is 27.5. The Morgan fingerprint density at radius 2 is 0.375 bits per heavy atom. The van der Waals surface area contributed by atoms with Gasteiger partial charge in [0, 0.05) is 0 Å². The molecule has 0 aromatic heterocycles. The van der Waals surface area contributed by atoms with Crippen LogP contribution >= 0.6 is 0 Å². The van der Waals surface area contributed by atoms with Gasteiger partial charge in [0.25, 0.3) is 0 Å². The molecule has 6 rings (SSSR count). The Balaban J connectivity index is 1.62. The first-order valence-corrected chi connectivity index (χ1v) is 23.4. The Kier molecular flexibility index (Phi) is 8.18. The van der Waals surface area contributed by atoms with Gasteiger partial charge in [-0.25, -0.2) is 0 Å². The summed E-state index contributed by atoms with van der Waals surface area (Å²) in [6.07, 6.45) is 0. The van der Waals surface area contributed by atoms with Gasteiger partial charge in [0.05, 0.1) is 0 Å².